The third kappa shape index (κ3) is 4.90. The molecule has 0 amide bonds. The van der Waals surface area contributed by atoms with Crippen LogP contribution in [-0.4, -0.2) is 44.7 Å². The number of hydrogen-bond donors (Lipinski definition) is 2. The van der Waals surface area contributed by atoms with E-state index in [2.05, 4.69) is 4.72 Å². The second-order valence-electron chi connectivity index (χ2n) is 4.40. The second-order valence-corrected chi connectivity index (χ2v) is 7.44. The molecule has 6 nitrogen and oxygen atoms in total. The first-order valence-corrected chi connectivity index (χ1v) is 9.02. The Balaban J connectivity index is 2.93. The van der Waals surface area contributed by atoms with Crippen molar-refractivity contribution < 1.29 is 23.1 Å². The fourth-order valence-electron chi connectivity index (χ4n) is 1.62. The predicted octanol–water partition coefficient (Wildman–Crippen LogP) is 1.81. The maximum Gasteiger partial charge on any atom is 0.339 e. The van der Waals surface area contributed by atoms with Crippen LogP contribution in [0.3, 0.4) is 0 Å². The van der Waals surface area contributed by atoms with E-state index >= 15 is 0 Å². The number of benzene rings is 1. The summed E-state index contributed by atoms with van der Waals surface area (Å²) in [7, 11) is -2.39. The van der Waals surface area contributed by atoms with Gasteiger partial charge in [-0.25, -0.2) is 17.9 Å². The zero-order valence-electron chi connectivity index (χ0n) is 12.1. The maximum absolute atomic E-state index is 12.1. The molecule has 21 heavy (non-hydrogen) atoms. The number of hydrogen-bond acceptors (Lipinski definition) is 5. The summed E-state index contributed by atoms with van der Waals surface area (Å²) in [6.07, 6.45) is 2.66. The van der Waals surface area contributed by atoms with Crippen LogP contribution in [0.15, 0.2) is 23.1 Å². The molecule has 1 aromatic rings. The molecule has 0 heterocycles. The Morgan fingerprint density at radius 2 is 2.14 bits per heavy atom. The van der Waals surface area contributed by atoms with E-state index in [-0.39, 0.29) is 16.2 Å². The van der Waals surface area contributed by atoms with Crippen molar-refractivity contribution in [1.82, 2.24) is 4.72 Å². The van der Waals surface area contributed by atoms with Gasteiger partial charge in [0.2, 0.25) is 10.0 Å². The van der Waals surface area contributed by atoms with E-state index in [0.717, 1.165) is 6.07 Å². The van der Waals surface area contributed by atoms with Crippen molar-refractivity contribution in [3.8, 4) is 5.75 Å². The summed E-state index contributed by atoms with van der Waals surface area (Å²) in [6, 6.07) is 3.76. The zero-order valence-corrected chi connectivity index (χ0v) is 13.8. The topological polar surface area (TPSA) is 92.7 Å². The number of ether oxygens (including phenoxy) is 1. The molecular formula is C13H19NO5S2. The molecule has 0 aliphatic rings. The van der Waals surface area contributed by atoms with Crippen LogP contribution in [0.4, 0.5) is 0 Å². The van der Waals surface area contributed by atoms with Gasteiger partial charge in [-0.2, -0.15) is 11.8 Å². The number of nitrogens with one attached hydrogen (secondary N) is 1. The minimum absolute atomic E-state index is 0.0856. The SMILES string of the molecule is COc1ccc(S(=O)(=O)NCCC(C)SC)cc1C(=O)O. The molecule has 8 heteroatoms. The largest absolute Gasteiger partial charge is 0.496 e. The number of carboxylic acids is 1. The first-order chi connectivity index (χ1) is 9.81. The number of carbonyl (C=O) groups is 1. The summed E-state index contributed by atoms with van der Waals surface area (Å²) >= 11 is 1.65. The van der Waals surface area contributed by atoms with E-state index in [1.54, 1.807) is 11.8 Å². The monoisotopic (exact) mass is 333 g/mol. The molecule has 0 fully saturated rings. The molecule has 0 aliphatic heterocycles. The lowest BCUT2D eigenvalue weighted by atomic mass is 10.2. The minimum atomic E-state index is -3.72. The van der Waals surface area contributed by atoms with Crippen molar-refractivity contribution in [2.75, 3.05) is 19.9 Å². The Kier molecular flexibility index (Phi) is 6.50. The van der Waals surface area contributed by atoms with Crippen LogP contribution >= 0.6 is 11.8 Å². The van der Waals surface area contributed by atoms with Gasteiger partial charge in [0.15, 0.2) is 0 Å². The Morgan fingerprint density at radius 1 is 1.48 bits per heavy atom. The third-order valence-corrected chi connectivity index (χ3v) is 5.46. The molecular weight excluding hydrogens is 314 g/mol. The fraction of sp³-hybridized carbons (Fsp3) is 0.462. The lowest BCUT2D eigenvalue weighted by molar-refractivity contribution is 0.0693. The van der Waals surface area contributed by atoms with Crippen LogP contribution in [-0.2, 0) is 10.0 Å². The Labute approximate surface area is 128 Å². The number of methoxy groups -OCH3 is 1. The number of sulfonamides is 1. The first-order valence-electron chi connectivity index (χ1n) is 6.25. The maximum atomic E-state index is 12.1. The van der Waals surface area contributed by atoms with Gasteiger partial charge in [0.1, 0.15) is 11.3 Å². The number of rotatable bonds is 8. The van der Waals surface area contributed by atoms with Crippen LogP contribution in [0.25, 0.3) is 0 Å². The van der Waals surface area contributed by atoms with Gasteiger partial charge >= 0.3 is 5.97 Å². The van der Waals surface area contributed by atoms with Crippen molar-refractivity contribution in [3.05, 3.63) is 23.8 Å². The van der Waals surface area contributed by atoms with Gasteiger partial charge in [0.25, 0.3) is 0 Å². The van der Waals surface area contributed by atoms with Gasteiger partial charge in [0, 0.05) is 11.8 Å². The van der Waals surface area contributed by atoms with Crippen molar-refractivity contribution in [1.29, 1.82) is 0 Å². The van der Waals surface area contributed by atoms with Crippen LogP contribution in [0, 0.1) is 0 Å². The summed E-state index contributed by atoms with van der Waals surface area (Å²) in [5.41, 5.74) is -0.183. The van der Waals surface area contributed by atoms with E-state index in [1.165, 1.54) is 19.2 Å². The molecule has 1 unspecified atom stereocenters. The van der Waals surface area contributed by atoms with Crippen molar-refractivity contribution in [2.24, 2.45) is 0 Å². The summed E-state index contributed by atoms with van der Waals surface area (Å²) in [5.74, 6) is -1.11. The van der Waals surface area contributed by atoms with Crippen molar-refractivity contribution in [3.63, 3.8) is 0 Å². The fourth-order valence-corrected chi connectivity index (χ4v) is 3.05. The third-order valence-electron chi connectivity index (χ3n) is 2.96. The highest BCUT2D eigenvalue weighted by Crippen LogP contribution is 2.22. The summed E-state index contributed by atoms with van der Waals surface area (Å²) in [4.78, 5) is 11.0. The molecule has 1 rings (SSSR count). The highest BCUT2D eigenvalue weighted by Gasteiger charge is 2.19. The van der Waals surface area contributed by atoms with Gasteiger partial charge in [-0.1, -0.05) is 6.92 Å². The van der Waals surface area contributed by atoms with E-state index in [4.69, 9.17) is 9.84 Å². The zero-order chi connectivity index (χ0) is 16.0. The number of carboxylic acid groups (broad SMARTS) is 1. The normalized spacial score (nSPS) is 12.9. The van der Waals surface area contributed by atoms with Crippen LogP contribution in [0.2, 0.25) is 0 Å². The Morgan fingerprint density at radius 3 is 2.67 bits per heavy atom. The van der Waals surface area contributed by atoms with E-state index in [1.807, 2.05) is 13.2 Å². The van der Waals surface area contributed by atoms with E-state index < -0.39 is 16.0 Å². The van der Waals surface area contributed by atoms with Crippen molar-refractivity contribution >= 4 is 27.8 Å². The van der Waals surface area contributed by atoms with Crippen LogP contribution in [0.5, 0.6) is 5.75 Å². The number of thioether (sulfide) groups is 1. The van der Waals surface area contributed by atoms with Crippen LogP contribution in [0.1, 0.15) is 23.7 Å². The average molecular weight is 333 g/mol. The molecule has 0 spiro atoms. The van der Waals surface area contributed by atoms with Gasteiger partial charge < -0.3 is 9.84 Å². The molecule has 0 radical (unpaired) electrons. The summed E-state index contributed by atoms with van der Waals surface area (Å²) < 4.78 is 31.6. The molecule has 118 valence electrons. The quantitative estimate of drug-likeness (QED) is 0.754. The van der Waals surface area contributed by atoms with Gasteiger partial charge in [-0.05, 0) is 30.9 Å². The Hall–Kier alpha value is -1.25. The smallest absolute Gasteiger partial charge is 0.339 e. The molecule has 0 saturated heterocycles. The van der Waals surface area contributed by atoms with Crippen LogP contribution < -0.4 is 9.46 Å². The molecule has 2 N–H and O–H groups in total. The summed E-state index contributed by atoms with van der Waals surface area (Å²) in [6.45, 7) is 2.31. The standard InChI is InChI=1S/C13H19NO5S2/c1-9(20-3)6-7-14-21(17,18)10-4-5-12(19-2)11(8-10)13(15)16/h4-5,8-9,14H,6-7H2,1-3H3,(H,15,16). The highest BCUT2D eigenvalue weighted by atomic mass is 32.2. The predicted molar refractivity (Wildman–Crippen MR) is 82.7 cm³/mol. The van der Waals surface area contributed by atoms with Gasteiger partial charge in [-0.3, -0.25) is 0 Å². The lowest BCUT2D eigenvalue weighted by Gasteiger charge is -2.11. The van der Waals surface area contributed by atoms with E-state index in [9.17, 15) is 13.2 Å². The van der Waals surface area contributed by atoms with Gasteiger partial charge in [-0.15, -0.1) is 0 Å². The molecule has 0 saturated carbocycles. The average Bonchev–Trinajstić information content (AvgIpc) is 2.45. The molecule has 0 bridgehead atoms. The molecule has 0 aromatic heterocycles. The van der Waals surface area contributed by atoms with E-state index in [0.29, 0.717) is 18.2 Å². The molecule has 0 aliphatic carbocycles. The Bertz CT molecular complexity index is 601. The molecule has 1 aromatic carbocycles. The molecule has 1 atom stereocenters. The van der Waals surface area contributed by atoms with Crippen molar-refractivity contribution in [2.45, 2.75) is 23.5 Å². The highest BCUT2D eigenvalue weighted by molar-refractivity contribution is 7.99. The second kappa shape index (κ2) is 7.67. The summed E-state index contributed by atoms with van der Waals surface area (Å²) in [5, 5.41) is 9.42. The number of aromatic carboxylic acids is 1. The lowest BCUT2D eigenvalue weighted by Crippen LogP contribution is -2.26. The minimum Gasteiger partial charge on any atom is -0.496 e. The first kappa shape index (κ1) is 17.8. The van der Waals surface area contributed by atoms with Gasteiger partial charge in [0.05, 0.1) is 12.0 Å².